The van der Waals surface area contributed by atoms with E-state index in [9.17, 15) is 8.42 Å². The second-order valence-electron chi connectivity index (χ2n) is 4.71. The van der Waals surface area contributed by atoms with E-state index in [0.717, 1.165) is 30.8 Å². The molecule has 1 saturated heterocycles. The van der Waals surface area contributed by atoms with Crippen LogP contribution in [0.25, 0.3) is 0 Å². The number of hydrogen-bond acceptors (Lipinski definition) is 5. The lowest BCUT2D eigenvalue weighted by Gasteiger charge is -2.26. The predicted molar refractivity (Wildman–Crippen MR) is 75.2 cm³/mol. The maximum Gasteiger partial charge on any atom is 0.254 e. The molecule has 0 amide bonds. The molecule has 1 aliphatic heterocycles. The van der Waals surface area contributed by atoms with Gasteiger partial charge in [0.05, 0.1) is 12.3 Å². The lowest BCUT2D eigenvalue weighted by Crippen LogP contribution is -2.35. The van der Waals surface area contributed by atoms with E-state index in [2.05, 4.69) is 4.98 Å². The van der Waals surface area contributed by atoms with Crippen molar-refractivity contribution in [3.05, 3.63) is 10.2 Å². The van der Waals surface area contributed by atoms with Crippen molar-refractivity contribution in [3.63, 3.8) is 0 Å². The van der Waals surface area contributed by atoms with Crippen LogP contribution in [0.5, 0.6) is 0 Å². The van der Waals surface area contributed by atoms with Gasteiger partial charge in [-0.3, -0.25) is 0 Å². The maximum absolute atomic E-state index is 12.4. The number of ether oxygens (including phenoxy) is 1. The third-order valence-electron chi connectivity index (χ3n) is 3.14. The summed E-state index contributed by atoms with van der Waals surface area (Å²) in [5.41, 5.74) is 0.460. The van der Waals surface area contributed by atoms with Crippen molar-refractivity contribution in [2.45, 2.75) is 24.0 Å². The Balaban J connectivity index is 2.12. The van der Waals surface area contributed by atoms with Crippen LogP contribution in [0.4, 0.5) is 0 Å². The molecule has 8 heteroatoms. The average molecular weight is 325 g/mol. The van der Waals surface area contributed by atoms with Crippen molar-refractivity contribution in [2.75, 3.05) is 26.8 Å². The first-order chi connectivity index (χ1) is 8.91. The Morgan fingerprint density at radius 1 is 1.58 bits per heavy atom. The van der Waals surface area contributed by atoms with Crippen LogP contribution >= 0.6 is 22.9 Å². The minimum atomic E-state index is -3.50. The van der Waals surface area contributed by atoms with Gasteiger partial charge in [-0.25, -0.2) is 13.4 Å². The van der Waals surface area contributed by atoms with Crippen LogP contribution in [0.3, 0.4) is 0 Å². The molecular weight excluding hydrogens is 308 g/mol. The minimum Gasteiger partial charge on any atom is -0.381 e. The molecule has 1 aromatic rings. The Morgan fingerprint density at radius 2 is 2.32 bits per heavy atom. The Bertz CT molecular complexity index is 538. The first-order valence-corrected chi connectivity index (χ1v) is 8.71. The summed E-state index contributed by atoms with van der Waals surface area (Å²) in [5.74, 6) is 0.261. The summed E-state index contributed by atoms with van der Waals surface area (Å²) in [5, 5.41) is 0. The molecule has 0 radical (unpaired) electrons. The van der Waals surface area contributed by atoms with Crippen LogP contribution in [0.15, 0.2) is 4.21 Å². The van der Waals surface area contributed by atoms with E-state index in [1.807, 2.05) is 0 Å². The van der Waals surface area contributed by atoms with Gasteiger partial charge in [0.1, 0.15) is 0 Å². The standard InChI is InChI=1S/C11H17ClN2O3S2/c1-8-10(18-11(12)13-8)19(15,16)14(2)6-9-4-3-5-17-7-9/h9H,3-7H2,1-2H3. The predicted octanol–water partition coefficient (Wildman–Crippen LogP) is 2.15. The van der Waals surface area contributed by atoms with Crippen LogP contribution in [0.2, 0.25) is 4.47 Å². The van der Waals surface area contributed by atoms with E-state index in [0.29, 0.717) is 18.8 Å². The third kappa shape index (κ3) is 3.46. The number of rotatable bonds is 4. The number of aromatic nitrogens is 1. The van der Waals surface area contributed by atoms with Crippen molar-refractivity contribution < 1.29 is 13.2 Å². The maximum atomic E-state index is 12.4. The summed E-state index contributed by atoms with van der Waals surface area (Å²) < 4.78 is 32.1. The molecule has 108 valence electrons. The van der Waals surface area contributed by atoms with Crippen LogP contribution in [0.1, 0.15) is 18.5 Å². The Labute approximate surface area is 122 Å². The van der Waals surface area contributed by atoms with Gasteiger partial charge in [0, 0.05) is 20.2 Å². The average Bonchev–Trinajstić information content (AvgIpc) is 2.70. The van der Waals surface area contributed by atoms with Gasteiger partial charge in [-0.2, -0.15) is 4.31 Å². The van der Waals surface area contributed by atoms with Gasteiger partial charge in [0.2, 0.25) is 0 Å². The van der Waals surface area contributed by atoms with E-state index in [1.165, 1.54) is 4.31 Å². The molecule has 1 atom stereocenters. The number of hydrogen-bond donors (Lipinski definition) is 0. The van der Waals surface area contributed by atoms with E-state index in [4.69, 9.17) is 16.3 Å². The second kappa shape index (κ2) is 6.05. The third-order valence-corrected chi connectivity index (χ3v) is 6.81. The highest BCUT2D eigenvalue weighted by atomic mass is 35.5. The number of thiazole rings is 1. The molecule has 0 saturated carbocycles. The molecule has 2 rings (SSSR count). The summed E-state index contributed by atoms with van der Waals surface area (Å²) >= 11 is 6.78. The molecule has 1 unspecified atom stereocenters. The van der Waals surface area contributed by atoms with Crippen molar-refractivity contribution in [1.29, 1.82) is 0 Å². The summed E-state index contributed by atoms with van der Waals surface area (Å²) in [6, 6.07) is 0. The Hall–Kier alpha value is -0.210. The summed E-state index contributed by atoms with van der Waals surface area (Å²) in [4.78, 5) is 3.96. The molecule has 19 heavy (non-hydrogen) atoms. The zero-order chi connectivity index (χ0) is 14.0. The molecule has 1 fully saturated rings. The zero-order valence-electron chi connectivity index (χ0n) is 10.9. The largest absolute Gasteiger partial charge is 0.381 e. The fourth-order valence-electron chi connectivity index (χ4n) is 2.14. The van der Waals surface area contributed by atoms with Gasteiger partial charge in [0.15, 0.2) is 8.68 Å². The van der Waals surface area contributed by atoms with Crippen LogP contribution in [-0.4, -0.2) is 44.5 Å². The van der Waals surface area contributed by atoms with Gasteiger partial charge in [0.25, 0.3) is 10.0 Å². The number of halogens is 1. The van der Waals surface area contributed by atoms with Gasteiger partial charge in [-0.1, -0.05) is 22.9 Å². The van der Waals surface area contributed by atoms with E-state index in [1.54, 1.807) is 14.0 Å². The van der Waals surface area contributed by atoms with E-state index < -0.39 is 10.0 Å². The van der Waals surface area contributed by atoms with Crippen molar-refractivity contribution in [2.24, 2.45) is 5.92 Å². The highest BCUT2D eigenvalue weighted by Gasteiger charge is 2.28. The van der Waals surface area contributed by atoms with Gasteiger partial charge < -0.3 is 4.74 Å². The van der Waals surface area contributed by atoms with E-state index >= 15 is 0 Å². The minimum absolute atomic E-state index is 0.233. The second-order valence-corrected chi connectivity index (χ2v) is 8.53. The molecule has 1 aromatic heterocycles. The number of aryl methyl sites for hydroxylation is 1. The summed E-state index contributed by atoms with van der Waals surface area (Å²) in [7, 11) is -1.90. The molecule has 5 nitrogen and oxygen atoms in total. The van der Waals surface area contributed by atoms with Crippen LogP contribution in [-0.2, 0) is 14.8 Å². The van der Waals surface area contributed by atoms with Gasteiger partial charge in [-0.05, 0) is 25.7 Å². The fourth-order valence-corrected chi connectivity index (χ4v) is 5.32. The van der Waals surface area contributed by atoms with Crippen LogP contribution in [0, 0.1) is 12.8 Å². The van der Waals surface area contributed by atoms with Crippen molar-refractivity contribution >= 4 is 33.0 Å². The van der Waals surface area contributed by atoms with Gasteiger partial charge >= 0.3 is 0 Å². The normalized spacial score (nSPS) is 20.9. The Morgan fingerprint density at radius 3 is 2.84 bits per heavy atom. The van der Waals surface area contributed by atoms with Gasteiger partial charge in [-0.15, -0.1) is 0 Å². The molecule has 0 bridgehead atoms. The molecule has 0 spiro atoms. The number of nitrogens with zero attached hydrogens (tertiary/aromatic N) is 2. The Kier molecular flexibility index (Phi) is 4.84. The van der Waals surface area contributed by atoms with Crippen molar-refractivity contribution in [1.82, 2.24) is 9.29 Å². The lowest BCUT2D eigenvalue weighted by molar-refractivity contribution is 0.0495. The fraction of sp³-hybridized carbons (Fsp3) is 0.727. The first-order valence-electron chi connectivity index (χ1n) is 6.08. The molecule has 0 aliphatic carbocycles. The zero-order valence-corrected chi connectivity index (χ0v) is 13.3. The highest BCUT2D eigenvalue weighted by Crippen LogP contribution is 2.29. The smallest absolute Gasteiger partial charge is 0.254 e. The van der Waals surface area contributed by atoms with Crippen LogP contribution < -0.4 is 0 Å². The molecular formula is C11H17ClN2O3S2. The monoisotopic (exact) mass is 324 g/mol. The lowest BCUT2D eigenvalue weighted by atomic mass is 10.0. The summed E-state index contributed by atoms with van der Waals surface area (Å²) in [6.45, 7) is 3.53. The SMILES string of the molecule is Cc1nc(Cl)sc1S(=O)(=O)N(C)CC1CCCOC1. The van der Waals surface area contributed by atoms with Crippen molar-refractivity contribution in [3.8, 4) is 0 Å². The van der Waals surface area contributed by atoms with E-state index in [-0.39, 0.29) is 14.6 Å². The highest BCUT2D eigenvalue weighted by molar-refractivity contribution is 7.91. The number of sulfonamides is 1. The molecule has 0 N–H and O–H groups in total. The molecule has 0 aromatic carbocycles. The topological polar surface area (TPSA) is 59.5 Å². The molecule has 1 aliphatic rings. The quantitative estimate of drug-likeness (QED) is 0.851. The first kappa shape index (κ1) is 15.2. The molecule has 2 heterocycles. The summed E-state index contributed by atoms with van der Waals surface area (Å²) in [6.07, 6.45) is 1.99.